The van der Waals surface area contributed by atoms with Crippen LogP contribution in [0.4, 0.5) is 5.69 Å². The number of nitro groups is 1. The number of benzene rings is 1. The molecule has 1 aliphatic carbocycles. The number of hydrogen-bond donors (Lipinski definition) is 0. The Bertz CT molecular complexity index is 764. The predicted octanol–water partition coefficient (Wildman–Crippen LogP) is 2.96. The summed E-state index contributed by atoms with van der Waals surface area (Å²) in [6.07, 6.45) is 4.08. The van der Waals surface area contributed by atoms with Crippen molar-refractivity contribution in [3.63, 3.8) is 0 Å². The third-order valence-corrected chi connectivity index (χ3v) is 3.62. The van der Waals surface area contributed by atoms with Crippen LogP contribution in [-0.2, 0) is 9.63 Å². The number of nitrogens with zero attached hydrogens (tertiary/aromatic N) is 2. The lowest BCUT2D eigenvalue weighted by Crippen LogP contribution is -2.09. The number of allylic oxidation sites excluding steroid dienone is 4. The fourth-order valence-corrected chi connectivity index (χ4v) is 2.26. The van der Waals surface area contributed by atoms with Crippen molar-refractivity contribution in [3.05, 3.63) is 62.2 Å². The topological polar surface area (TPSA) is 98.9 Å². The van der Waals surface area contributed by atoms with Gasteiger partial charge in [0.05, 0.1) is 10.5 Å². The highest BCUT2D eigenvalue weighted by Gasteiger charge is 2.21. The van der Waals surface area contributed by atoms with E-state index >= 15 is 0 Å². The maximum Gasteiger partial charge on any atom is 0.367 e. The average Bonchev–Trinajstić information content (AvgIpc) is 2.46. The molecule has 0 N–H and O–H groups in total. The summed E-state index contributed by atoms with van der Waals surface area (Å²) >= 11 is 3.01. The fraction of sp³-hybridized carbons (Fsp3) is 0.0714. The molecule has 0 heterocycles. The predicted molar refractivity (Wildman–Crippen MR) is 81.6 cm³/mol. The quantitative estimate of drug-likeness (QED) is 0.355. The number of halogens is 1. The monoisotopic (exact) mass is 364 g/mol. The van der Waals surface area contributed by atoms with Crippen LogP contribution in [0.25, 0.3) is 0 Å². The molecule has 8 heteroatoms. The van der Waals surface area contributed by atoms with Crippen molar-refractivity contribution < 1.29 is 19.3 Å². The highest BCUT2D eigenvalue weighted by atomic mass is 79.9. The molecule has 0 atom stereocenters. The van der Waals surface area contributed by atoms with E-state index in [1.807, 2.05) is 0 Å². The summed E-state index contributed by atoms with van der Waals surface area (Å²) in [6.45, 7) is 1.65. The highest BCUT2D eigenvalue weighted by molar-refractivity contribution is 9.10. The van der Waals surface area contributed by atoms with Gasteiger partial charge in [-0.25, -0.2) is 4.79 Å². The van der Waals surface area contributed by atoms with Gasteiger partial charge in [0.25, 0.3) is 5.69 Å². The third kappa shape index (κ3) is 3.34. The number of oxime groups is 1. The largest absolute Gasteiger partial charge is 0.367 e. The number of ketones is 1. The van der Waals surface area contributed by atoms with Crippen molar-refractivity contribution >= 4 is 39.1 Å². The Morgan fingerprint density at radius 3 is 2.73 bits per heavy atom. The summed E-state index contributed by atoms with van der Waals surface area (Å²) in [7, 11) is 0. The Kier molecular flexibility index (Phi) is 4.62. The van der Waals surface area contributed by atoms with E-state index in [0.717, 1.165) is 0 Å². The lowest BCUT2D eigenvalue weighted by atomic mass is 10.1. The second kappa shape index (κ2) is 6.44. The average molecular weight is 365 g/mol. The molecule has 0 saturated heterocycles. The first-order valence-electron chi connectivity index (χ1n) is 6.03. The van der Waals surface area contributed by atoms with Gasteiger partial charge in [-0.3, -0.25) is 14.9 Å². The first kappa shape index (κ1) is 15.8. The zero-order valence-corrected chi connectivity index (χ0v) is 12.9. The lowest BCUT2D eigenvalue weighted by molar-refractivity contribution is -0.385. The molecule has 7 nitrogen and oxygen atoms in total. The minimum atomic E-state index is -0.846. The molecule has 0 radical (unpaired) electrons. The second-order valence-corrected chi connectivity index (χ2v) is 5.11. The van der Waals surface area contributed by atoms with Gasteiger partial charge in [-0.1, -0.05) is 11.2 Å². The minimum Gasteiger partial charge on any atom is -0.312 e. The van der Waals surface area contributed by atoms with Crippen molar-refractivity contribution in [1.29, 1.82) is 0 Å². The first-order chi connectivity index (χ1) is 10.4. The molecule has 1 aliphatic rings. The maximum atomic E-state index is 12.0. The van der Waals surface area contributed by atoms with Crippen molar-refractivity contribution in [2.75, 3.05) is 0 Å². The van der Waals surface area contributed by atoms with Crippen molar-refractivity contribution in [1.82, 2.24) is 0 Å². The van der Waals surface area contributed by atoms with Gasteiger partial charge in [0, 0.05) is 6.07 Å². The van der Waals surface area contributed by atoms with E-state index in [0.29, 0.717) is 11.3 Å². The molecule has 112 valence electrons. The number of nitro benzene ring substituents is 1. The molecular formula is C14H9BrN2O5. The molecule has 0 amide bonds. The smallest absolute Gasteiger partial charge is 0.312 e. The van der Waals surface area contributed by atoms with Crippen LogP contribution in [0.15, 0.2) is 51.6 Å². The van der Waals surface area contributed by atoms with Gasteiger partial charge in [-0.2, -0.15) is 0 Å². The Morgan fingerprint density at radius 1 is 1.36 bits per heavy atom. The van der Waals surface area contributed by atoms with Gasteiger partial charge < -0.3 is 4.84 Å². The van der Waals surface area contributed by atoms with Gasteiger partial charge in [0.2, 0.25) is 0 Å². The van der Waals surface area contributed by atoms with Crippen molar-refractivity contribution in [3.8, 4) is 0 Å². The number of rotatable bonds is 3. The zero-order chi connectivity index (χ0) is 16.3. The maximum absolute atomic E-state index is 12.0. The van der Waals surface area contributed by atoms with Crippen LogP contribution in [0.3, 0.4) is 0 Å². The van der Waals surface area contributed by atoms with Gasteiger partial charge in [0.1, 0.15) is 10.2 Å². The van der Waals surface area contributed by atoms with E-state index in [9.17, 15) is 19.7 Å². The zero-order valence-electron chi connectivity index (χ0n) is 11.3. The van der Waals surface area contributed by atoms with Crippen LogP contribution in [0.1, 0.15) is 17.3 Å². The summed E-state index contributed by atoms with van der Waals surface area (Å²) < 4.78 is 0.0202. The highest BCUT2D eigenvalue weighted by Crippen LogP contribution is 2.28. The van der Waals surface area contributed by atoms with Crippen LogP contribution >= 0.6 is 15.9 Å². The van der Waals surface area contributed by atoms with Crippen LogP contribution in [0.2, 0.25) is 0 Å². The molecule has 22 heavy (non-hydrogen) atoms. The van der Waals surface area contributed by atoms with Crippen LogP contribution < -0.4 is 0 Å². The molecule has 0 unspecified atom stereocenters. The molecule has 0 aliphatic heterocycles. The van der Waals surface area contributed by atoms with Crippen LogP contribution in [-0.4, -0.2) is 22.4 Å². The van der Waals surface area contributed by atoms with E-state index in [4.69, 9.17) is 4.84 Å². The van der Waals surface area contributed by atoms with Crippen LogP contribution in [0.5, 0.6) is 0 Å². The minimum absolute atomic E-state index is 0.0175. The third-order valence-electron chi connectivity index (χ3n) is 2.79. The summed E-state index contributed by atoms with van der Waals surface area (Å²) in [5.74, 6) is -1.02. The normalized spacial score (nSPS) is 15.6. The Balaban J connectivity index is 2.22. The second-order valence-electron chi connectivity index (χ2n) is 4.31. The molecular weight excluding hydrogens is 356 g/mol. The molecule has 0 spiro atoms. The number of carbonyl (C=O) groups is 2. The summed E-state index contributed by atoms with van der Waals surface area (Å²) in [6, 6.07) is 4.01. The Hall–Kier alpha value is -2.61. The summed E-state index contributed by atoms with van der Waals surface area (Å²) in [4.78, 5) is 38.1. The number of hydrogen-bond acceptors (Lipinski definition) is 6. The van der Waals surface area contributed by atoms with E-state index in [2.05, 4.69) is 21.1 Å². The molecule has 0 bridgehead atoms. The van der Waals surface area contributed by atoms with E-state index in [1.54, 1.807) is 6.92 Å². The van der Waals surface area contributed by atoms with Crippen molar-refractivity contribution in [2.45, 2.75) is 6.92 Å². The molecule has 1 aromatic carbocycles. The lowest BCUT2D eigenvalue weighted by Gasteiger charge is -2.06. The molecule has 0 saturated carbocycles. The van der Waals surface area contributed by atoms with Gasteiger partial charge >= 0.3 is 5.97 Å². The van der Waals surface area contributed by atoms with Gasteiger partial charge in [0.15, 0.2) is 5.78 Å². The molecule has 0 fully saturated rings. The van der Waals surface area contributed by atoms with Crippen LogP contribution in [0, 0.1) is 10.1 Å². The fourth-order valence-electron chi connectivity index (χ4n) is 1.69. The molecule has 1 aromatic rings. The number of carbonyl (C=O) groups excluding carboxylic acids is 2. The Morgan fingerprint density at radius 2 is 2.09 bits per heavy atom. The summed E-state index contributed by atoms with van der Waals surface area (Å²) in [5.41, 5.74) is 0.616. The Labute approximate surface area is 133 Å². The SMILES string of the molecule is CC1=CC(=O)C=CC1=NOC(=O)c1cccc([N+](=O)[O-])c1Br. The van der Waals surface area contributed by atoms with Crippen molar-refractivity contribution in [2.24, 2.45) is 5.16 Å². The van der Waals surface area contributed by atoms with Gasteiger partial charge in [-0.05, 0) is 52.7 Å². The molecule has 0 aromatic heterocycles. The van der Waals surface area contributed by atoms with E-state index < -0.39 is 10.9 Å². The van der Waals surface area contributed by atoms with E-state index in [-0.39, 0.29) is 21.5 Å². The van der Waals surface area contributed by atoms with Gasteiger partial charge in [-0.15, -0.1) is 0 Å². The standard InChI is InChI=1S/C14H9BrN2O5/c1-8-7-9(18)5-6-11(8)16-22-14(19)10-3-2-4-12(13(10)15)17(20)21/h2-7H,1H3. The first-order valence-corrected chi connectivity index (χ1v) is 6.82. The van der Waals surface area contributed by atoms with E-state index in [1.165, 1.54) is 36.4 Å². The summed E-state index contributed by atoms with van der Waals surface area (Å²) in [5, 5.41) is 14.5. The molecule has 2 rings (SSSR count).